The van der Waals surface area contributed by atoms with Gasteiger partial charge in [0.25, 0.3) is 0 Å². The van der Waals surface area contributed by atoms with E-state index in [4.69, 9.17) is 10.5 Å². The van der Waals surface area contributed by atoms with Gasteiger partial charge in [-0.3, -0.25) is 4.90 Å². The average molecular weight is 262 g/mol. The average Bonchev–Trinajstić information content (AvgIpc) is 2.61. The molecule has 1 aliphatic heterocycles. The monoisotopic (exact) mass is 262 g/mol. The number of likely N-dealkylation sites (tertiary alicyclic amines) is 1. The lowest BCUT2D eigenvalue weighted by Gasteiger charge is -2.33. The Morgan fingerprint density at radius 3 is 2.63 bits per heavy atom. The molecule has 3 heteroatoms. The Labute approximate surface area is 116 Å². The molecule has 2 unspecified atom stereocenters. The Balaban J connectivity index is 2.23. The molecule has 1 aliphatic rings. The number of hydrogen-bond donors (Lipinski definition) is 1. The van der Waals surface area contributed by atoms with Crippen LogP contribution in [0.1, 0.15) is 44.2 Å². The Kier molecular flexibility index (Phi) is 5.23. The third-order valence-corrected chi connectivity index (χ3v) is 4.00. The zero-order valence-electron chi connectivity index (χ0n) is 12.1. The minimum absolute atomic E-state index is 0.238. The van der Waals surface area contributed by atoms with E-state index in [1.165, 1.54) is 24.8 Å². The van der Waals surface area contributed by atoms with Gasteiger partial charge in [-0.25, -0.2) is 0 Å². The van der Waals surface area contributed by atoms with Gasteiger partial charge in [0.05, 0.1) is 7.11 Å². The first-order chi connectivity index (χ1) is 9.26. The molecule has 1 aromatic carbocycles. The first-order valence-corrected chi connectivity index (χ1v) is 7.40. The molecule has 0 radical (unpaired) electrons. The molecule has 3 nitrogen and oxygen atoms in total. The highest BCUT2D eigenvalue weighted by Crippen LogP contribution is 2.30. The number of rotatable bonds is 4. The van der Waals surface area contributed by atoms with Gasteiger partial charge in [-0.2, -0.15) is 0 Å². The van der Waals surface area contributed by atoms with E-state index in [2.05, 4.69) is 24.0 Å². The van der Waals surface area contributed by atoms with Crippen LogP contribution < -0.4 is 10.5 Å². The van der Waals surface area contributed by atoms with Gasteiger partial charge in [-0.15, -0.1) is 0 Å². The zero-order chi connectivity index (χ0) is 13.7. The van der Waals surface area contributed by atoms with E-state index in [1.807, 2.05) is 12.1 Å². The van der Waals surface area contributed by atoms with E-state index in [-0.39, 0.29) is 6.04 Å². The maximum Gasteiger partial charge on any atom is 0.118 e. The second kappa shape index (κ2) is 6.92. The van der Waals surface area contributed by atoms with Crippen LogP contribution in [-0.2, 0) is 0 Å². The van der Waals surface area contributed by atoms with Crippen molar-refractivity contribution < 1.29 is 4.74 Å². The molecule has 106 valence electrons. The van der Waals surface area contributed by atoms with Gasteiger partial charge in [-0.05, 0) is 50.0 Å². The second-order valence-corrected chi connectivity index (χ2v) is 5.41. The fourth-order valence-corrected chi connectivity index (χ4v) is 3.06. The summed E-state index contributed by atoms with van der Waals surface area (Å²) in [6.45, 7) is 4.53. The standard InChI is InChI=1S/C16H26N2O/c1-3-11-18-12-5-4-6-15(17)16(18)13-7-9-14(19-2)10-8-13/h7-10,15-16H,3-6,11-12,17H2,1-2H3. The number of nitrogens with two attached hydrogens (primary N) is 1. The van der Waals surface area contributed by atoms with E-state index in [0.29, 0.717) is 6.04 Å². The van der Waals surface area contributed by atoms with Gasteiger partial charge in [0.1, 0.15) is 5.75 Å². The molecule has 2 N–H and O–H groups in total. The molecule has 0 saturated carbocycles. The second-order valence-electron chi connectivity index (χ2n) is 5.41. The highest BCUT2D eigenvalue weighted by Gasteiger charge is 2.28. The Morgan fingerprint density at radius 2 is 2.00 bits per heavy atom. The molecule has 1 aromatic rings. The molecular formula is C16H26N2O. The molecule has 0 bridgehead atoms. The summed E-state index contributed by atoms with van der Waals surface area (Å²) in [5, 5.41) is 0. The quantitative estimate of drug-likeness (QED) is 0.906. The van der Waals surface area contributed by atoms with Crippen LogP contribution in [0.25, 0.3) is 0 Å². The maximum absolute atomic E-state index is 6.43. The smallest absolute Gasteiger partial charge is 0.118 e. The van der Waals surface area contributed by atoms with E-state index in [0.717, 1.165) is 25.3 Å². The molecule has 1 heterocycles. The lowest BCUT2D eigenvalue weighted by atomic mass is 9.96. The van der Waals surface area contributed by atoms with Gasteiger partial charge in [-0.1, -0.05) is 25.5 Å². The van der Waals surface area contributed by atoms with Crippen molar-refractivity contribution in [1.29, 1.82) is 0 Å². The van der Waals surface area contributed by atoms with Crippen molar-refractivity contribution in [2.24, 2.45) is 5.73 Å². The number of methoxy groups -OCH3 is 1. The predicted octanol–water partition coefficient (Wildman–Crippen LogP) is 2.96. The van der Waals surface area contributed by atoms with Crippen molar-refractivity contribution in [3.05, 3.63) is 29.8 Å². The van der Waals surface area contributed by atoms with Gasteiger partial charge in [0.15, 0.2) is 0 Å². The normalized spacial score (nSPS) is 25.0. The molecule has 19 heavy (non-hydrogen) atoms. The minimum atomic E-state index is 0.238. The number of hydrogen-bond acceptors (Lipinski definition) is 3. The SMILES string of the molecule is CCCN1CCCCC(N)C1c1ccc(OC)cc1. The van der Waals surface area contributed by atoms with E-state index < -0.39 is 0 Å². The van der Waals surface area contributed by atoms with Crippen LogP contribution >= 0.6 is 0 Å². The first kappa shape index (κ1) is 14.4. The van der Waals surface area contributed by atoms with Crippen LogP contribution in [0.15, 0.2) is 24.3 Å². The Morgan fingerprint density at radius 1 is 1.26 bits per heavy atom. The molecular weight excluding hydrogens is 236 g/mol. The summed E-state index contributed by atoms with van der Waals surface area (Å²) in [4.78, 5) is 2.56. The lowest BCUT2D eigenvalue weighted by molar-refractivity contribution is 0.185. The summed E-state index contributed by atoms with van der Waals surface area (Å²) in [5.41, 5.74) is 7.75. The fourth-order valence-electron chi connectivity index (χ4n) is 3.06. The third kappa shape index (κ3) is 3.48. The molecule has 1 fully saturated rings. The number of ether oxygens (including phenoxy) is 1. The summed E-state index contributed by atoms with van der Waals surface area (Å²) in [7, 11) is 1.70. The van der Waals surface area contributed by atoms with Crippen LogP contribution in [0.2, 0.25) is 0 Å². The van der Waals surface area contributed by atoms with Crippen LogP contribution in [0, 0.1) is 0 Å². The van der Waals surface area contributed by atoms with Crippen molar-refractivity contribution in [2.75, 3.05) is 20.2 Å². The minimum Gasteiger partial charge on any atom is -0.497 e. The van der Waals surface area contributed by atoms with E-state index >= 15 is 0 Å². The predicted molar refractivity (Wildman–Crippen MR) is 79.4 cm³/mol. The first-order valence-electron chi connectivity index (χ1n) is 7.40. The van der Waals surface area contributed by atoms with Crippen molar-refractivity contribution in [3.63, 3.8) is 0 Å². The van der Waals surface area contributed by atoms with Crippen LogP contribution in [-0.4, -0.2) is 31.1 Å². The summed E-state index contributed by atoms with van der Waals surface area (Å²) >= 11 is 0. The van der Waals surface area contributed by atoms with Crippen molar-refractivity contribution in [3.8, 4) is 5.75 Å². The summed E-state index contributed by atoms with van der Waals surface area (Å²) in [6, 6.07) is 9.00. The van der Waals surface area contributed by atoms with Gasteiger partial charge in [0, 0.05) is 12.1 Å². The van der Waals surface area contributed by atoms with E-state index in [9.17, 15) is 0 Å². The van der Waals surface area contributed by atoms with Crippen LogP contribution in [0.5, 0.6) is 5.75 Å². The third-order valence-electron chi connectivity index (χ3n) is 4.00. The molecule has 0 aliphatic carbocycles. The Bertz CT molecular complexity index is 377. The van der Waals surface area contributed by atoms with Crippen molar-refractivity contribution in [1.82, 2.24) is 4.90 Å². The van der Waals surface area contributed by atoms with Gasteiger partial charge in [0.2, 0.25) is 0 Å². The fraction of sp³-hybridized carbons (Fsp3) is 0.625. The van der Waals surface area contributed by atoms with Gasteiger partial charge >= 0.3 is 0 Å². The van der Waals surface area contributed by atoms with E-state index in [1.54, 1.807) is 7.11 Å². The zero-order valence-corrected chi connectivity index (χ0v) is 12.1. The van der Waals surface area contributed by atoms with Crippen LogP contribution in [0.3, 0.4) is 0 Å². The largest absolute Gasteiger partial charge is 0.497 e. The highest BCUT2D eigenvalue weighted by atomic mass is 16.5. The Hall–Kier alpha value is -1.06. The molecule has 2 rings (SSSR count). The van der Waals surface area contributed by atoms with Gasteiger partial charge < -0.3 is 10.5 Å². The topological polar surface area (TPSA) is 38.5 Å². The number of nitrogens with zero attached hydrogens (tertiary/aromatic N) is 1. The molecule has 1 saturated heterocycles. The maximum atomic E-state index is 6.43. The lowest BCUT2D eigenvalue weighted by Crippen LogP contribution is -2.40. The summed E-state index contributed by atoms with van der Waals surface area (Å²) in [5.74, 6) is 0.910. The summed E-state index contributed by atoms with van der Waals surface area (Å²) in [6.07, 6.45) is 4.81. The molecule has 2 atom stereocenters. The molecule has 0 amide bonds. The molecule has 0 aromatic heterocycles. The van der Waals surface area contributed by atoms with Crippen molar-refractivity contribution >= 4 is 0 Å². The van der Waals surface area contributed by atoms with Crippen molar-refractivity contribution in [2.45, 2.75) is 44.7 Å². The highest BCUT2D eigenvalue weighted by molar-refractivity contribution is 5.30. The molecule has 0 spiro atoms. The van der Waals surface area contributed by atoms with Crippen LogP contribution in [0.4, 0.5) is 0 Å². The summed E-state index contributed by atoms with van der Waals surface area (Å²) < 4.78 is 5.24. The number of benzene rings is 1.